The van der Waals surface area contributed by atoms with Gasteiger partial charge >= 0.3 is 0 Å². The number of hydrogen-bond donors (Lipinski definition) is 1. The molecule has 1 aliphatic rings. The lowest BCUT2D eigenvalue weighted by atomic mass is 10.1. The van der Waals surface area contributed by atoms with Crippen LogP contribution in [-0.4, -0.2) is 42.7 Å². The predicted molar refractivity (Wildman–Crippen MR) is 71.4 cm³/mol. The number of anilines is 1. The minimum Gasteiger partial charge on any atom is -0.389 e. The molecule has 1 N–H and O–H groups in total. The van der Waals surface area contributed by atoms with Crippen LogP contribution in [0, 0.1) is 0 Å². The van der Waals surface area contributed by atoms with Crippen molar-refractivity contribution in [3.63, 3.8) is 0 Å². The molecule has 2 rings (SSSR count). The number of aliphatic hydroxyl groups excluding tert-OH is 1. The summed E-state index contributed by atoms with van der Waals surface area (Å²) >= 11 is 0. The zero-order valence-corrected chi connectivity index (χ0v) is 10.9. The smallest absolute Gasteiger partial charge is 0.0781 e. The number of nitrogens with zero attached hydrogens (tertiary/aromatic N) is 2. The topological polar surface area (TPSA) is 26.7 Å². The van der Waals surface area contributed by atoms with E-state index in [4.69, 9.17) is 0 Å². The highest BCUT2D eigenvalue weighted by Crippen LogP contribution is 2.27. The molecule has 1 aliphatic heterocycles. The Morgan fingerprint density at radius 3 is 2.65 bits per heavy atom. The zero-order valence-electron chi connectivity index (χ0n) is 10.9. The van der Waals surface area contributed by atoms with Crippen LogP contribution in [0.2, 0.25) is 0 Å². The first-order valence-corrected chi connectivity index (χ1v) is 6.31. The number of hydrogen-bond acceptors (Lipinski definition) is 3. The van der Waals surface area contributed by atoms with Crippen LogP contribution in [0.1, 0.15) is 25.5 Å². The van der Waals surface area contributed by atoms with E-state index in [1.165, 1.54) is 5.69 Å². The third-order valence-electron chi connectivity index (χ3n) is 3.69. The van der Waals surface area contributed by atoms with E-state index in [1.54, 1.807) is 0 Å². The molecule has 3 heteroatoms. The standard InChI is InChI=1S/C14H22N2O/c1-11-10-16(9-8-15(11)3)14-7-5-4-6-13(14)12(2)17/h4-7,11-12,17H,8-10H2,1-3H3. The maximum atomic E-state index is 9.82. The first-order valence-electron chi connectivity index (χ1n) is 6.31. The SMILES string of the molecule is CC(O)c1ccccc1N1CCN(C)C(C)C1. The van der Waals surface area contributed by atoms with E-state index >= 15 is 0 Å². The van der Waals surface area contributed by atoms with Crippen molar-refractivity contribution in [1.29, 1.82) is 0 Å². The summed E-state index contributed by atoms with van der Waals surface area (Å²) in [5.41, 5.74) is 2.21. The summed E-state index contributed by atoms with van der Waals surface area (Å²) in [7, 11) is 2.17. The fourth-order valence-electron chi connectivity index (χ4n) is 2.40. The largest absolute Gasteiger partial charge is 0.389 e. The molecule has 0 saturated carbocycles. The summed E-state index contributed by atoms with van der Waals surface area (Å²) in [5.74, 6) is 0. The van der Waals surface area contributed by atoms with Crippen LogP contribution >= 0.6 is 0 Å². The van der Waals surface area contributed by atoms with Crippen LogP contribution in [0.5, 0.6) is 0 Å². The Morgan fingerprint density at radius 1 is 1.29 bits per heavy atom. The van der Waals surface area contributed by atoms with Gasteiger partial charge in [-0.3, -0.25) is 0 Å². The molecule has 1 heterocycles. The van der Waals surface area contributed by atoms with Crippen molar-refractivity contribution >= 4 is 5.69 Å². The molecule has 0 aromatic heterocycles. The quantitative estimate of drug-likeness (QED) is 0.846. The minimum atomic E-state index is -0.402. The van der Waals surface area contributed by atoms with Crippen LogP contribution in [0.4, 0.5) is 5.69 Å². The lowest BCUT2D eigenvalue weighted by molar-refractivity contribution is 0.198. The van der Waals surface area contributed by atoms with E-state index in [0.29, 0.717) is 6.04 Å². The van der Waals surface area contributed by atoms with Gasteiger partial charge in [0.15, 0.2) is 0 Å². The molecule has 0 aliphatic carbocycles. The molecule has 2 unspecified atom stereocenters. The van der Waals surface area contributed by atoms with E-state index in [0.717, 1.165) is 25.2 Å². The van der Waals surface area contributed by atoms with Crippen LogP contribution in [0.25, 0.3) is 0 Å². The summed E-state index contributed by atoms with van der Waals surface area (Å²) in [6.45, 7) is 7.22. The van der Waals surface area contributed by atoms with E-state index in [9.17, 15) is 5.11 Å². The van der Waals surface area contributed by atoms with Crippen molar-refractivity contribution in [3.8, 4) is 0 Å². The summed E-state index contributed by atoms with van der Waals surface area (Å²) in [6, 6.07) is 8.73. The van der Waals surface area contributed by atoms with Crippen molar-refractivity contribution in [2.45, 2.75) is 26.0 Å². The van der Waals surface area contributed by atoms with E-state index in [-0.39, 0.29) is 0 Å². The highest BCUT2D eigenvalue weighted by atomic mass is 16.3. The lowest BCUT2D eigenvalue weighted by Gasteiger charge is -2.40. The molecule has 0 amide bonds. The van der Waals surface area contributed by atoms with Gasteiger partial charge < -0.3 is 14.9 Å². The fraction of sp³-hybridized carbons (Fsp3) is 0.571. The summed E-state index contributed by atoms with van der Waals surface area (Å²) in [6.07, 6.45) is -0.402. The van der Waals surface area contributed by atoms with E-state index in [2.05, 4.69) is 29.8 Å². The van der Waals surface area contributed by atoms with Crippen molar-refractivity contribution in [2.75, 3.05) is 31.6 Å². The van der Waals surface area contributed by atoms with Gasteiger partial charge in [0.05, 0.1) is 6.10 Å². The lowest BCUT2D eigenvalue weighted by Crippen LogP contribution is -2.50. The molecule has 0 radical (unpaired) electrons. The minimum absolute atomic E-state index is 0.402. The summed E-state index contributed by atoms with van der Waals surface area (Å²) in [5, 5.41) is 9.82. The molecule has 1 fully saturated rings. The van der Waals surface area contributed by atoms with Gasteiger partial charge in [0.1, 0.15) is 0 Å². The number of rotatable bonds is 2. The van der Waals surface area contributed by atoms with Crippen LogP contribution in [-0.2, 0) is 0 Å². The third kappa shape index (κ3) is 2.61. The van der Waals surface area contributed by atoms with E-state index in [1.807, 2.05) is 25.1 Å². The number of aliphatic hydroxyl groups is 1. The Bertz CT molecular complexity index is 378. The number of benzene rings is 1. The summed E-state index contributed by atoms with van der Waals surface area (Å²) in [4.78, 5) is 4.76. The Morgan fingerprint density at radius 2 is 2.00 bits per heavy atom. The Kier molecular flexibility index (Phi) is 3.69. The molecule has 1 saturated heterocycles. The Hall–Kier alpha value is -1.06. The van der Waals surface area contributed by atoms with Gasteiger partial charge in [-0.15, -0.1) is 0 Å². The molecular weight excluding hydrogens is 212 g/mol. The van der Waals surface area contributed by atoms with Crippen molar-refractivity contribution in [2.24, 2.45) is 0 Å². The monoisotopic (exact) mass is 234 g/mol. The highest BCUT2D eigenvalue weighted by molar-refractivity contribution is 5.55. The molecule has 1 aromatic carbocycles. The molecule has 17 heavy (non-hydrogen) atoms. The molecule has 94 valence electrons. The van der Waals surface area contributed by atoms with Crippen molar-refractivity contribution in [1.82, 2.24) is 4.90 Å². The number of likely N-dealkylation sites (N-methyl/N-ethyl adjacent to an activating group) is 1. The van der Waals surface area contributed by atoms with Gasteiger partial charge in [-0.05, 0) is 27.0 Å². The third-order valence-corrected chi connectivity index (χ3v) is 3.69. The van der Waals surface area contributed by atoms with Crippen molar-refractivity contribution < 1.29 is 5.11 Å². The van der Waals surface area contributed by atoms with Gasteiger partial charge in [-0.2, -0.15) is 0 Å². The summed E-state index contributed by atoms with van der Waals surface area (Å²) < 4.78 is 0. The van der Waals surface area contributed by atoms with Crippen molar-refractivity contribution in [3.05, 3.63) is 29.8 Å². The first kappa shape index (κ1) is 12.4. The maximum Gasteiger partial charge on any atom is 0.0781 e. The molecular formula is C14H22N2O. The second kappa shape index (κ2) is 5.07. The average Bonchev–Trinajstić information content (AvgIpc) is 2.32. The highest BCUT2D eigenvalue weighted by Gasteiger charge is 2.22. The first-order chi connectivity index (χ1) is 8.09. The van der Waals surface area contributed by atoms with Gasteiger partial charge in [-0.25, -0.2) is 0 Å². The molecule has 1 aromatic rings. The van der Waals surface area contributed by atoms with Gasteiger partial charge in [0, 0.05) is 36.9 Å². The number of para-hydroxylation sites is 1. The molecule has 0 bridgehead atoms. The predicted octanol–water partition coefficient (Wildman–Crippen LogP) is 1.88. The number of piperazine rings is 1. The maximum absolute atomic E-state index is 9.82. The van der Waals surface area contributed by atoms with Crippen LogP contribution in [0.15, 0.2) is 24.3 Å². The van der Waals surface area contributed by atoms with Gasteiger partial charge in [0.2, 0.25) is 0 Å². The molecule has 3 nitrogen and oxygen atoms in total. The van der Waals surface area contributed by atoms with Crippen LogP contribution in [0.3, 0.4) is 0 Å². The second-order valence-electron chi connectivity index (χ2n) is 5.01. The molecule has 2 atom stereocenters. The molecule has 0 spiro atoms. The second-order valence-corrected chi connectivity index (χ2v) is 5.01. The normalized spacial score (nSPS) is 23.8. The van der Waals surface area contributed by atoms with E-state index < -0.39 is 6.10 Å². The fourth-order valence-corrected chi connectivity index (χ4v) is 2.40. The van der Waals surface area contributed by atoms with Gasteiger partial charge in [0.25, 0.3) is 0 Å². The Labute approximate surface area is 104 Å². The average molecular weight is 234 g/mol. The Balaban J connectivity index is 2.22. The zero-order chi connectivity index (χ0) is 12.4. The van der Waals surface area contributed by atoms with Crippen LogP contribution < -0.4 is 4.90 Å². The van der Waals surface area contributed by atoms with Gasteiger partial charge in [-0.1, -0.05) is 18.2 Å².